The molecule has 3 aromatic rings. The summed E-state index contributed by atoms with van der Waals surface area (Å²) >= 11 is 0. The van der Waals surface area contributed by atoms with E-state index in [9.17, 15) is 0 Å². The van der Waals surface area contributed by atoms with Crippen molar-refractivity contribution in [1.82, 2.24) is 0 Å². The molecule has 0 saturated carbocycles. The van der Waals surface area contributed by atoms with Crippen molar-refractivity contribution in [2.24, 2.45) is 0 Å². The molecule has 4 rings (SSSR count). The van der Waals surface area contributed by atoms with Crippen LogP contribution in [-0.4, -0.2) is 0 Å². The van der Waals surface area contributed by atoms with E-state index in [1.54, 1.807) is 0 Å². The molecule has 1 N–H and O–H groups in total. The summed E-state index contributed by atoms with van der Waals surface area (Å²) in [6, 6.07) is 22.1. The molecular formula is C27H29N. The maximum Gasteiger partial charge on any atom is 0.0572 e. The molecule has 0 bridgehead atoms. The number of anilines is 1. The van der Waals surface area contributed by atoms with Crippen molar-refractivity contribution in [3.63, 3.8) is 0 Å². The van der Waals surface area contributed by atoms with Gasteiger partial charge in [0, 0.05) is 11.6 Å². The summed E-state index contributed by atoms with van der Waals surface area (Å²) in [6.45, 7) is 11.1. The molecule has 28 heavy (non-hydrogen) atoms. The van der Waals surface area contributed by atoms with Gasteiger partial charge in [-0.1, -0.05) is 78.4 Å². The molecule has 0 amide bonds. The summed E-state index contributed by atoms with van der Waals surface area (Å²) in [5.41, 5.74) is 10.4. The first kappa shape index (κ1) is 18.6. The molecule has 1 aliphatic carbocycles. The molecule has 1 unspecified atom stereocenters. The number of fused-ring (bicyclic) bond motifs is 1. The average molecular weight is 368 g/mol. The zero-order valence-electron chi connectivity index (χ0n) is 17.5. The first-order chi connectivity index (χ1) is 13.4. The quantitative estimate of drug-likeness (QED) is 0.518. The van der Waals surface area contributed by atoms with Crippen molar-refractivity contribution in [2.45, 2.75) is 46.1 Å². The number of hydrogen-bond donors (Lipinski definition) is 1. The second-order valence-electron chi connectivity index (χ2n) is 8.58. The predicted molar refractivity (Wildman–Crippen MR) is 121 cm³/mol. The summed E-state index contributed by atoms with van der Waals surface area (Å²) in [5, 5.41) is 3.86. The Labute approximate surface area is 169 Å². The van der Waals surface area contributed by atoms with Crippen molar-refractivity contribution < 1.29 is 0 Å². The van der Waals surface area contributed by atoms with Gasteiger partial charge in [0.25, 0.3) is 0 Å². The van der Waals surface area contributed by atoms with E-state index in [0.29, 0.717) is 5.92 Å². The van der Waals surface area contributed by atoms with E-state index in [-0.39, 0.29) is 5.54 Å². The van der Waals surface area contributed by atoms with Gasteiger partial charge in [-0.3, -0.25) is 0 Å². The largest absolute Gasteiger partial charge is 0.376 e. The van der Waals surface area contributed by atoms with Crippen LogP contribution in [0.2, 0.25) is 0 Å². The lowest BCUT2D eigenvalue weighted by Gasteiger charge is -2.33. The van der Waals surface area contributed by atoms with Crippen molar-refractivity contribution in [3.8, 4) is 0 Å². The Bertz CT molecular complexity index is 1030. The van der Waals surface area contributed by atoms with E-state index in [0.717, 1.165) is 0 Å². The van der Waals surface area contributed by atoms with Gasteiger partial charge in [0.15, 0.2) is 0 Å². The van der Waals surface area contributed by atoms with Gasteiger partial charge >= 0.3 is 0 Å². The molecule has 0 saturated heterocycles. The number of hydrogen-bond acceptors (Lipinski definition) is 1. The van der Waals surface area contributed by atoms with E-state index < -0.39 is 0 Å². The molecule has 1 atom stereocenters. The van der Waals surface area contributed by atoms with Crippen molar-refractivity contribution in [2.75, 3.05) is 5.32 Å². The van der Waals surface area contributed by atoms with Gasteiger partial charge in [0.1, 0.15) is 0 Å². The Morgan fingerprint density at radius 2 is 1.39 bits per heavy atom. The van der Waals surface area contributed by atoms with E-state index >= 15 is 0 Å². The predicted octanol–water partition coefficient (Wildman–Crippen LogP) is 7.12. The van der Waals surface area contributed by atoms with Crippen LogP contribution >= 0.6 is 0 Å². The number of rotatable bonds is 4. The summed E-state index contributed by atoms with van der Waals surface area (Å²) in [6.07, 6.45) is 4.59. The maximum atomic E-state index is 3.86. The topological polar surface area (TPSA) is 12.0 Å². The molecule has 0 fully saturated rings. The zero-order valence-corrected chi connectivity index (χ0v) is 17.5. The number of nitrogens with one attached hydrogen (secondary N) is 1. The van der Waals surface area contributed by atoms with Crippen molar-refractivity contribution in [1.29, 1.82) is 0 Å². The van der Waals surface area contributed by atoms with Crippen LogP contribution in [-0.2, 0) is 5.54 Å². The minimum absolute atomic E-state index is 0.188. The smallest absolute Gasteiger partial charge is 0.0572 e. The highest BCUT2D eigenvalue weighted by molar-refractivity contribution is 5.67. The maximum absolute atomic E-state index is 3.86. The summed E-state index contributed by atoms with van der Waals surface area (Å²) < 4.78 is 0. The Morgan fingerprint density at radius 1 is 0.786 bits per heavy atom. The van der Waals surface area contributed by atoms with Gasteiger partial charge in [-0.15, -0.1) is 0 Å². The molecule has 1 heteroatoms. The van der Waals surface area contributed by atoms with Crippen LogP contribution in [0, 0.1) is 20.8 Å². The molecule has 0 heterocycles. The normalized spacial score (nSPS) is 15.5. The first-order valence-electron chi connectivity index (χ1n) is 10.1. The number of allylic oxidation sites excluding steroid dienone is 1. The fourth-order valence-electron chi connectivity index (χ4n) is 4.62. The number of benzene rings is 3. The Kier molecular flexibility index (Phi) is 4.63. The fraction of sp³-hybridized carbons (Fsp3) is 0.259. The molecule has 0 radical (unpaired) electrons. The van der Waals surface area contributed by atoms with Crippen LogP contribution in [0.4, 0.5) is 5.69 Å². The lowest BCUT2D eigenvalue weighted by atomic mass is 9.82. The van der Waals surface area contributed by atoms with Gasteiger partial charge < -0.3 is 5.32 Å². The molecule has 1 nitrogen and oxygen atoms in total. The third kappa shape index (κ3) is 3.26. The van der Waals surface area contributed by atoms with Gasteiger partial charge in [0.05, 0.1) is 5.54 Å². The van der Waals surface area contributed by atoms with Gasteiger partial charge in [-0.2, -0.15) is 0 Å². The summed E-state index contributed by atoms with van der Waals surface area (Å²) in [7, 11) is 0. The Balaban J connectivity index is 1.76. The Hall–Kier alpha value is -2.80. The van der Waals surface area contributed by atoms with Crippen LogP contribution in [0.25, 0.3) is 6.08 Å². The Morgan fingerprint density at radius 3 is 2.11 bits per heavy atom. The van der Waals surface area contributed by atoms with Crippen LogP contribution in [0.15, 0.2) is 66.7 Å². The minimum Gasteiger partial charge on any atom is -0.376 e. The van der Waals surface area contributed by atoms with Crippen LogP contribution < -0.4 is 5.32 Å². The zero-order chi connectivity index (χ0) is 19.9. The van der Waals surface area contributed by atoms with Crippen LogP contribution in [0.3, 0.4) is 0 Å². The third-order valence-electron chi connectivity index (χ3n) is 5.88. The average Bonchev–Trinajstić information content (AvgIpc) is 3.09. The highest BCUT2D eigenvalue weighted by Gasteiger charge is 2.29. The highest BCUT2D eigenvalue weighted by atomic mass is 15.0. The van der Waals surface area contributed by atoms with E-state index in [1.807, 2.05) is 0 Å². The fourth-order valence-corrected chi connectivity index (χ4v) is 4.62. The standard InChI is InChI=1S/C27H29N/c1-18-16-19(2)26(20(3)17-18)28-27(4,5)25-13-9-8-12-24(25)23-15-14-21-10-6-7-11-22(21)23/h6-17,23,28H,1-5H3. The lowest BCUT2D eigenvalue weighted by molar-refractivity contribution is 0.599. The highest BCUT2D eigenvalue weighted by Crippen LogP contribution is 2.40. The second-order valence-corrected chi connectivity index (χ2v) is 8.58. The van der Waals surface area contributed by atoms with E-state index in [4.69, 9.17) is 0 Å². The van der Waals surface area contributed by atoms with Gasteiger partial charge in [-0.05, 0) is 68.0 Å². The van der Waals surface area contributed by atoms with Crippen LogP contribution in [0.5, 0.6) is 0 Å². The van der Waals surface area contributed by atoms with E-state index in [1.165, 1.54) is 44.6 Å². The molecule has 0 spiro atoms. The SMILES string of the molecule is Cc1cc(C)c(NC(C)(C)c2ccccc2C2C=Cc3ccccc32)c(C)c1. The molecular weight excluding hydrogens is 338 g/mol. The molecule has 3 aromatic carbocycles. The monoisotopic (exact) mass is 367 g/mol. The molecule has 1 aliphatic rings. The molecule has 0 aliphatic heterocycles. The van der Waals surface area contributed by atoms with Crippen molar-refractivity contribution >= 4 is 11.8 Å². The van der Waals surface area contributed by atoms with E-state index in [2.05, 4.69) is 113 Å². The third-order valence-corrected chi connectivity index (χ3v) is 5.88. The summed E-state index contributed by atoms with van der Waals surface area (Å²) in [4.78, 5) is 0. The van der Waals surface area contributed by atoms with Gasteiger partial charge in [-0.25, -0.2) is 0 Å². The minimum atomic E-state index is -0.188. The number of aryl methyl sites for hydroxylation is 3. The molecule has 0 aromatic heterocycles. The van der Waals surface area contributed by atoms with Crippen LogP contribution in [0.1, 0.15) is 58.7 Å². The van der Waals surface area contributed by atoms with Crippen molar-refractivity contribution in [3.05, 3.63) is 106 Å². The molecule has 142 valence electrons. The second kappa shape index (κ2) is 6.98. The first-order valence-corrected chi connectivity index (χ1v) is 10.1. The summed E-state index contributed by atoms with van der Waals surface area (Å²) in [5.74, 6) is 0.314. The van der Waals surface area contributed by atoms with Gasteiger partial charge in [0.2, 0.25) is 0 Å². The lowest BCUT2D eigenvalue weighted by Crippen LogP contribution is -2.30.